The first-order valence-corrected chi connectivity index (χ1v) is 6.16. The highest BCUT2D eigenvalue weighted by Gasteiger charge is 2.17. The highest BCUT2D eigenvalue weighted by molar-refractivity contribution is 6.00. The van der Waals surface area contributed by atoms with Gasteiger partial charge in [0.25, 0.3) is 0 Å². The van der Waals surface area contributed by atoms with Gasteiger partial charge in [-0.2, -0.15) is 0 Å². The third-order valence-corrected chi connectivity index (χ3v) is 3.13. The van der Waals surface area contributed by atoms with Gasteiger partial charge in [0.05, 0.1) is 0 Å². The monoisotopic (exact) mass is 245 g/mol. The van der Waals surface area contributed by atoms with Crippen molar-refractivity contribution in [3.63, 3.8) is 0 Å². The highest BCUT2D eigenvalue weighted by atomic mass is 16.3. The molecule has 96 valence electrons. The number of Topliss-reactive ketones (excluding diaryl/α,β-unsaturated/α-hetero) is 1. The molecule has 1 aromatic carbocycles. The molecule has 3 nitrogen and oxygen atoms in total. The molecule has 0 atom stereocenters. The van der Waals surface area contributed by atoms with Crippen molar-refractivity contribution in [1.82, 2.24) is 4.90 Å². The van der Waals surface area contributed by atoms with Crippen LogP contribution in [0.15, 0.2) is 22.6 Å². The summed E-state index contributed by atoms with van der Waals surface area (Å²) in [5, 5.41) is 1.04. The normalized spacial score (nSPS) is 11.4. The molecule has 1 aromatic heterocycles. The Hall–Kier alpha value is -1.61. The Morgan fingerprint density at radius 3 is 2.67 bits per heavy atom. The lowest BCUT2D eigenvalue weighted by atomic mass is 10.1. The van der Waals surface area contributed by atoms with Crippen molar-refractivity contribution in [1.29, 1.82) is 0 Å². The van der Waals surface area contributed by atoms with Gasteiger partial charge in [-0.1, -0.05) is 11.6 Å². The molecule has 0 saturated heterocycles. The summed E-state index contributed by atoms with van der Waals surface area (Å²) < 4.78 is 5.68. The molecule has 18 heavy (non-hydrogen) atoms. The lowest BCUT2D eigenvalue weighted by Gasteiger charge is -2.07. The predicted molar refractivity (Wildman–Crippen MR) is 73.2 cm³/mol. The molecule has 0 N–H and O–H groups in total. The number of hydrogen-bond acceptors (Lipinski definition) is 3. The molecule has 0 aliphatic rings. The van der Waals surface area contributed by atoms with Gasteiger partial charge < -0.3 is 9.32 Å². The van der Waals surface area contributed by atoms with Crippen molar-refractivity contribution in [2.75, 3.05) is 20.6 Å². The maximum absolute atomic E-state index is 12.1. The number of hydrogen-bond donors (Lipinski definition) is 0. The number of nitrogens with zero attached hydrogens (tertiary/aromatic N) is 1. The minimum Gasteiger partial charge on any atom is -0.453 e. The number of benzene rings is 1. The maximum atomic E-state index is 12.1. The van der Waals surface area contributed by atoms with Gasteiger partial charge in [0.2, 0.25) is 0 Å². The molecule has 0 fully saturated rings. The van der Waals surface area contributed by atoms with Crippen LogP contribution in [0.1, 0.15) is 28.1 Å². The zero-order valence-corrected chi connectivity index (χ0v) is 11.4. The van der Waals surface area contributed by atoms with Gasteiger partial charge in [-0.15, -0.1) is 0 Å². The Morgan fingerprint density at radius 2 is 2.00 bits per heavy atom. The molecule has 0 unspecified atom stereocenters. The van der Waals surface area contributed by atoms with E-state index in [-0.39, 0.29) is 5.78 Å². The SMILES string of the molecule is Cc1ccc2oc(C(=O)CCN(C)C)c(C)c2c1. The Kier molecular flexibility index (Phi) is 3.53. The van der Waals surface area contributed by atoms with E-state index in [4.69, 9.17) is 4.42 Å². The minimum atomic E-state index is 0.0788. The second-order valence-electron chi connectivity index (χ2n) is 5.03. The van der Waals surface area contributed by atoms with E-state index in [0.29, 0.717) is 12.2 Å². The fourth-order valence-corrected chi connectivity index (χ4v) is 2.04. The quantitative estimate of drug-likeness (QED) is 0.776. The molecule has 0 saturated carbocycles. The summed E-state index contributed by atoms with van der Waals surface area (Å²) in [5.74, 6) is 0.590. The molecular formula is C15H19NO2. The Morgan fingerprint density at radius 1 is 1.28 bits per heavy atom. The zero-order chi connectivity index (χ0) is 13.3. The summed E-state index contributed by atoms with van der Waals surface area (Å²) in [7, 11) is 3.92. The van der Waals surface area contributed by atoms with Crippen molar-refractivity contribution < 1.29 is 9.21 Å². The molecule has 2 rings (SSSR count). The van der Waals surface area contributed by atoms with Gasteiger partial charge >= 0.3 is 0 Å². The van der Waals surface area contributed by atoms with Crippen LogP contribution in [-0.4, -0.2) is 31.3 Å². The number of furan rings is 1. The standard InChI is InChI=1S/C15H19NO2/c1-10-5-6-14-12(9-10)11(2)15(18-14)13(17)7-8-16(3)4/h5-6,9H,7-8H2,1-4H3. The third kappa shape index (κ3) is 2.46. The number of fused-ring (bicyclic) bond motifs is 1. The van der Waals surface area contributed by atoms with Crippen LogP contribution < -0.4 is 0 Å². The van der Waals surface area contributed by atoms with E-state index in [0.717, 1.165) is 23.1 Å². The number of carbonyl (C=O) groups excluding carboxylic acids is 1. The van der Waals surface area contributed by atoms with Crippen LogP contribution in [-0.2, 0) is 0 Å². The average molecular weight is 245 g/mol. The summed E-state index contributed by atoms with van der Waals surface area (Å²) in [6.45, 7) is 4.74. The summed E-state index contributed by atoms with van der Waals surface area (Å²) in [4.78, 5) is 14.1. The van der Waals surface area contributed by atoms with E-state index in [1.807, 2.05) is 45.0 Å². The third-order valence-electron chi connectivity index (χ3n) is 3.13. The van der Waals surface area contributed by atoms with Crippen molar-refractivity contribution in [2.45, 2.75) is 20.3 Å². The molecule has 0 bridgehead atoms. The zero-order valence-electron chi connectivity index (χ0n) is 11.4. The fraction of sp³-hybridized carbons (Fsp3) is 0.400. The van der Waals surface area contributed by atoms with E-state index in [2.05, 4.69) is 6.07 Å². The van der Waals surface area contributed by atoms with E-state index in [1.54, 1.807) is 0 Å². The molecule has 2 aromatic rings. The summed E-state index contributed by atoms with van der Waals surface area (Å²) >= 11 is 0. The molecule has 0 radical (unpaired) electrons. The Labute approximate surface area is 107 Å². The predicted octanol–water partition coefficient (Wildman–Crippen LogP) is 3.18. The first kappa shape index (κ1) is 12.8. The van der Waals surface area contributed by atoms with Crippen molar-refractivity contribution in [3.05, 3.63) is 35.1 Å². The van der Waals surface area contributed by atoms with Crippen molar-refractivity contribution in [3.8, 4) is 0 Å². The van der Waals surface area contributed by atoms with Gasteiger partial charge in [0.15, 0.2) is 11.5 Å². The van der Waals surface area contributed by atoms with E-state index in [1.165, 1.54) is 5.56 Å². The largest absolute Gasteiger partial charge is 0.453 e. The van der Waals surface area contributed by atoms with Crippen LogP contribution in [0.25, 0.3) is 11.0 Å². The van der Waals surface area contributed by atoms with Gasteiger partial charge in [0, 0.05) is 23.9 Å². The first-order chi connectivity index (χ1) is 8.49. The number of ketones is 1. The maximum Gasteiger partial charge on any atom is 0.199 e. The molecule has 1 heterocycles. The van der Waals surface area contributed by atoms with Crippen LogP contribution in [0.4, 0.5) is 0 Å². The van der Waals surface area contributed by atoms with Crippen molar-refractivity contribution >= 4 is 16.8 Å². The number of rotatable bonds is 4. The van der Waals surface area contributed by atoms with E-state index in [9.17, 15) is 4.79 Å². The molecule has 0 amide bonds. The number of carbonyl (C=O) groups is 1. The second-order valence-corrected chi connectivity index (χ2v) is 5.03. The van der Waals surface area contributed by atoms with Crippen LogP contribution in [0.3, 0.4) is 0 Å². The van der Waals surface area contributed by atoms with Gasteiger partial charge in [-0.05, 0) is 40.1 Å². The van der Waals surface area contributed by atoms with E-state index < -0.39 is 0 Å². The first-order valence-electron chi connectivity index (χ1n) is 6.16. The van der Waals surface area contributed by atoms with Crippen molar-refractivity contribution in [2.24, 2.45) is 0 Å². The van der Waals surface area contributed by atoms with E-state index >= 15 is 0 Å². The lowest BCUT2D eigenvalue weighted by Crippen LogP contribution is -2.16. The van der Waals surface area contributed by atoms with Crippen LogP contribution in [0.2, 0.25) is 0 Å². The molecular weight excluding hydrogens is 226 g/mol. The van der Waals surface area contributed by atoms with Gasteiger partial charge in [-0.3, -0.25) is 4.79 Å². The topological polar surface area (TPSA) is 33.5 Å². The van der Waals surface area contributed by atoms with Crippen LogP contribution in [0.5, 0.6) is 0 Å². The molecule has 0 aliphatic carbocycles. The summed E-state index contributed by atoms with van der Waals surface area (Å²) in [6, 6.07) is 6.00. The van der Waals surface area contributed by atoms with Crippen LogP contribution >= 0.6 is 0 Å². The Bertz CT molecular complexity index is 581. The van der Waals surface area contributed by atoms with Crippen LogP contribution in [0, 0.1) is 13.8 Å². The highest BCUT2D eigenvalue weighted by Crippen LogP contribution is 2.26. The number of aryl methyl sites for hydroxylation is 2. The van der Waals surface area contributed by atoms with Gasteiger partial charge in [0.1, 0.15) is 5.58 Å². The molecule has 0 aliphatic heterocycles. The summed E-state index contributed by atoms with van der Waals surface area (Å²) in [5.41, 5.74) is 2.93. The minimum absolute atomic E-state index is 0.0788. The van der Waals surface area contributed by atoms with Gasteiger partial charge in [-0.25, -0.2) is 0 Å². The lowest BCUT2D eigenvalue weighted by molar-refractivity contribution is 0.0947. The smallest absolute Gasteiger partial charge is 0.199 e. The average Bonchev–Trinajstić information content (AvgIpc) is 2.64. The molecule has 3 heteroatoms. The summed E-state index contributed by atoms with van der Waals surface area (Å²) in [6.07, 6.45) is 0.493. The second kappa shape index (κ2) is 4.94. The molecule has 0 spiro atoms. The fourth-order valence-electron chi connectivity index (χ4n) is 2.04. The Balaban J connectivity index is 2.34.